The zero-order valence-electron chi connectivity index (χ0n) is 11.8. The number of hydrogen-bond donors (Lipinski definition) is 1. The molecule has 0 amide bonds. The van der Waals surface area contributed by atoms with Gasteiger partial charge in [0.25, 0.3) is 0 Å². The van der Waals surface area contributed by atoms with Crippen molar-refractivity contribution in [1.29, 1.82) is 0 Å². The topological polar surface area (TPSA) is 55.0 Å². The first kappa shape index (κ1) is 14.6. The van der Waals surface area contributed by atoms with E-state index >= 15 is 0 Å². The maximum atomic E-state index is 5.69. The minimum atomic E-state index is 0.685. The van der Waals surface area contributed by atoms with E-state index in [-0.39, 0.29) is 0 Å². The summed E-state index contributed by atoms with van der Waals surface area (Å²) in [5.74, 6) is 0. The van der Waals surface area contributed by atoms with Gasteiger partial charge in [0.05, 0.1) is 0 Å². The lowest BCUT2D eigenvalue weighted by atomic mass is 10.2. The van der Waals surface area contributed by atoms with Crippen molar-refractivity contribution in [2.24, 2.45) is 5.73 Å². The highest BCUT2D eigenvalue weighted by atomic mass is 15.1. The van der Waals surface area contributed by atoms with Gasteiger partial charge >= 0.3 is 0 Å². The van der Waals surface area contributed by atoms with Crippen molar-refractivity contribution < 1.29 is 0 Å². The van der Waals surface area contributed by atoms with Crippen LogP contribution in [0.1, 0.15) is 11.4 Å². The molecule has 2 N–H and O–H groups in total. The Morgan fingerprint density at radius 1 is 0.800 bits per heavy atom. The number of hydrogen-bond acceptors (Lipinski definition) is 4. The first-order valence-corrected chi connectivity index (χ1v) is 7.11. The van der Waals surface area contributed by atoms with Gasteiger partial charge in [-0.2, -0.15) is 0 Å². The van der Waals surface area contributed by atoms with Gasteiger partial charge in [-0.3, -0.25) is 9.97 Å². The van der Waals surface area contributed by atoms with Crippen molar-refractivity contribution in [3.8, 4) is 0 Å². The lowest BCUT2D eigenvalue weighted by Gasteiger charge is -2.21. The van der Waals surface area contributed by atoms with Gasteiger partial charge in [-0.15, -0.1) is 0 Å². The molecule has 0 fully saturated rings. The van der Waals surface area contributed by atoms with Crippen LogP contribution >= 0.6 is 0 Å². The number of nitrogens with zero attached hydrogens (tertiary/aromatic N) is 3. The Labute approximate surface area is 120 Å². The Morgan fingerprint density at radius 2 is 1.35 bits per heavy atom. The molecule has 4 heteroatoms. The van der Waals surface area contributed by atoms with Crippen LogP contribution in [0.3, 0.4) is 0 Å². The van der Waals surface area contributed by atoms with E-state index in [0.29, 0.717) is 6.54 Å². The van der Waals surface area contributed by atoms with Crippen LogP contribution in [-0.2, 0) is 12.8 Å². The van der Waals surface area contributed by atoms with E-state index in [9.17, 15) is 0 Å². The normalized spacial score (nSPS) is 10.9. The molecular formula is C16H22N4. The maximum absolute atomic E-state index is 5.69. The van der Waals surface area contributed by atoms with Gasteiger partial charge in [0.1, 0.15) is 0 Å². The molecular weight excluding hydrogens is 248 g/mol. The Kier molecular flexibility index (Phi) is 6.14. The van der Waals surface area contributed by atoms with Gasteiger partial charge in [-0.05, 0) is 24.3 Å². The molecule has 0 aliphatic carbocycles. The quantitative estimate of drug-likeness (QED) is 0.790. The van der Waals surface area contributed by atoms with Crippen LogP contribution in [0.15, 0.2) is 48.8 Å². The second-order valence-corrected chi connectivity index (χ2v) is 4.77. The summed E-state index contributed by atoms with van der Waals surface area (Å²) in [4.78, 5) is 11.1. The summed E-state index contributed by atoms with van der Waals surface area (Å²) in [6.07, 6.45) is 5.61. The second-order valence-electron chi connectivity index (χ2n) is 4.77. The fourth-order valence-electron chi connectivity index (χ4n) is 2.16. The molecule has 0 saturated carbocycles. The molecule has 4 nitrogen and oxygen atoms in total. The highest BCUT2D eigenvalue weighted by Crippen LogP contribution is 2.01. The SMILES string of the molecule is NCCN(CCc1ccccn1)CCc1ccccn1. The van der Waals surface area contributed by atoms with E-state index in [1.54, 1.807) is 0 Å². The minimum Gasteiger partial charge on any atom is -0.329 e. The fraction of sp³-hybridized carbons (Fsp3) is 0.375. The van der Waals surface area contributed by atoms with Gasteiger partial charge < -0.3 is 10.6 Å². The van der Waals surface area contributed by atoms with Crippen molar-refractivity contribution in [3.63, 3.8) is 0 Å². The van der Waals surface area contributed by atoms with Gasteiger partial charge in [0, 0.05) is 62.8 Å². The molecule has 0 aromatic carbocycles. The number of aromatic nitrogens is 2. The summed E-state index contributed by atoms with van der Waals surface area (Å²) in [5, 5.41) is 0. The number of rotatable bonds is 8. The maximum Gasteiger partial charge on any atom is 0.0416 e. The molecule has 0 aliphatic rings. The third kappa shape index (κ3) is 5.07. The average molecular weight is 270 g/mol. The highest BCUT2D eigenvalue weighted by Gasteiger charge is 2.05. The van der Waals surface area contributed by atoms with Crippen molar-refractivity contribution in [2.45, 2.75) is 12.8 Å². The van der Waals surface area contributed by atoms with Crippen LogP contribution in [-0.4, -0.2) is 41.0 Å². The van der Waals surface area contributed by atoms with Crippen LogP contribution in [0.2, 0.25) is 0 Å². The molecule has 0 radical (unpaired) electrons. The van der Waals surface area contributed by atoms with Crippen molar-refractivity contribution in [3.05, 3.63) is 60.2 Å². The molecule has 0 aliphatic heterocycles. The van der Waals surface area contributed by atoms with E-state index in [1.165, 1.54) is 0 Å². The summed E-state index contributed by atoms with van der Waals surface area (Å²) in [6, 6.07) is 12.1. The predicted octanol–water partition coefficient (Wildman–Crippen LogP) is 1.52. The summed E-state index contributed by atoms with van der Waals surface area (Å²) in [6.45, 7) is 3.58. The summed E-state index contributed by atoms with van der Waals surface area (Å²) in [7, 11) is 0. The smallest absolute Gasteiger partial charge is 0.0416 e. The van der Waals surface area contributed by atoms with E-state index in [2.05, 4.69) is 27.0 Å². The molecule has 2 rings (SSSR count). The number of nitrogens with two attached hydrogens (primary N) is 1. The fourth-order valence-corrected chi connectivity index (χ4v) is 2.16. The van der Waals surface area contributed by atoms with E-state index in [4.69, 9.17) is 5.73 Å². The zero-order valence-corrected chi connectivity index (χ0v) is 11.8. The van der Waals surface area contributed by atoms with Gasteiger partial charge in [0.15, 0.2) is 0 Å². The standard InChI is InChI=1S/C16H22N4/c17-9-14-20(12-7-15-5-1-3-10-18-15)13-8-16-6-2-4-11-19-16/h1-6,10-11H,7-9,12-14,17H2. The van der Waals surface area contributed by atoms with Crippen LogP contribution < -0.4 is 5.73 Å². The molecule has 0 bridgehead atoms. The van der Waals surface area contributed by atoms with Crippen molar-refractivity contribution in [2.75, 3.05) is 26.2 Å². The third-order valence-electron chi connectivity index (χ3n) is 3.27. The second kappa shape index (κ2) is 8.40. The molecule has 2 aromatic heterocycles. The number of pyridine rings is 2. The van der Waals surface area contributed by atoms with Crippen LogP contribution in [0, 0.1) is 0 Å². The lowest BCUT2D eigenvalue weighted by Crippen LogP contribution is -2.33. The molecule has 0 unspecified atom stereocenters. The third-order valence-corrected chi connectivity index (χ3v) is 3.27. The van der Waals surface area contributed by atoms with E-state index in [0.717, 1.165) is 43.9 Å². The van der Waals surface area contributed by atoms with Gasteiger partial charge in [-0.1, -0.05) is 12.1 Å². The largest absolute Gasteiger partial charge is 0.329 e. The summed E-state index contributed by atoms with van der Waals surface area (Å²) < 4.78 is 0. The Morgan fingerprint density at radius 3 is 1.75 bits per heavy atom. The highest BCUT2D eigenvalue weighted by molar-refractivity contribution is 5.05. The minimum absolute atomic E-state index is 0.685. The Hall–Kier alpha value is -1.78. The predicted molar refractivity (Wildman–Crippen MR) is 81.4 cm³/mol. The monoisotopic (exact) mass is 270 g/mol. The zero-order chi connectivity index (χ0) is 14.0. The van der Waals surface area contributed by atoms with Crippen LogP contribution in [0.25, 0.3) is 0 Å². The summed E-state index contributed by atoms with van der Waals surface area (Å²) in [5.41, 5.74) is 7.96. The van der Waals surface area contributed by atoms with E-state index in [1.807, 2.05) is 36.7 Å². The van der Waals surface area contributed by atoms with Crippen molar-refractivity contribution >= 4 is 0 Å². The average Bonchev–Trinajstić information content (AvgIpc) is 2.52. The van der Waals surface area contributed by atoms with Crippen LogP contribution in [0.5, 0.6) is 0 Å². The Bertz CT molecular complexity index is 429. The van der Waals surface area contributed by atoms with Gasteiger partial charge in [0.2, 0.25) is 0 Å². The molecule has 0 saturated heterocycles. The molecule has 2 aromatic rings. The molecule has 0 atom stereocenters. The molecule has 106 valence electrons. The first-order chi connectivity index (χ1) is 9.88. The Balaban J connectivity index is 1.81. The van der Waals surface area contributed by atoms with Crippen molar-refractivity contribution in [1.82, 2.24) is 14.9 Å². The van der Waals surface area contributed by atoms with Crippen LogP contribution in [0.4, 0.5) is 0 Å². The molecule has 20 heavy (non-hydrogen) atoms. The molecule has 0 spiro atoms. The van der Waals surface area contributed by atoms with E-state index < -0.39 is 0 Å². The molecule has 2 heterocycles. The van der Waals surface area contributed by atoms with Gasteiger partial charge in [-0.25, -0.2) is 0 Å². The first-order valence-electron chi connectivity index (χ1n) is 7.11. The lowest BCUT2D eigenvalue weighted by molar-refractivity contribution is 0.286. The summed E-state index contributed by atoms with van der Waals surface area (Å²) >= 11 is 0.